The Hall–Kier alpha value is 0.645. The monoisotopic (exact) mass is 109 g/mol. The Labute approximate surface area is 44.0 Å². The van der Waals surface area contributed by atoms with Crippen molar-refractivity contribution in [2.45, 2.75) is 11.8 Å². The first-order valence-electron chi connectivity index (χ1n) is 1.01. The first-order valence-corrected chi connectivity index (χ1v) is 1.89. The molecule has 0 saturated carbocycles. The number of halogens is 2. The third kappa shape index (κ3) is 78.1. The second-order valence-corrected chi connectivity index (χ2v) is 2.05. The highest BCUT2D eigenvalue weighted by Crippen LogP contribution is 1.95. The van der Waals surface area contributed by atoms with Gasteiger partial charge in [-0.25, -0.2) is 0 Å². The molecule has 5 heavy (non-hydrogen) atoms. The van der Waals surface area contributed by atoms with Crippen LogP contribution < -0.4 is 0 Å². The van der Waals surface area contributed by atoms with Gasteiger partial charge in [0.05, 0.1) is 0 Å². The molecular weight excluding hydrogens is 106 g/mol. The van der Waals surface area contributed by atoms with Crippen molar-refractivity contribution in [1.82, 2.24) is 0 Å². The average molecular weight is 110 g/mol. The Morgan fingerprint density at radius 2 is 1.40 bits per heavy atom. The highest BCUT2D eigenvalue weighted by atomic mass is 35.5. The predicted molar refractivity (Wildman–Crippen MR) is 26.9 cm³/mol. The van der Waals surface area contributed by atoms with Crippen molar-refractivity contribution in [2.24, 2.45) is 0 Å². The van der Waals surface area contributed by atoms with Gasteiger partial charge in [-0.2, -0.15) is 0 Å². The zero-order valence-electron chi connectivity index (χ0n) is 2.91. The fourth-order valence-corrected chi connectivity index (χ4v) is 0. The van der Waals surface area contributed by atoms with Gasteiger partial charge in [0.2, 0.25) is 0 Å². The van der Waals surface area contributed by atoms with Crippen LogP contribution in [0.15, 0.2) is 0 Å². The van der Waals surface area contributed by atoms with E-state index < -0.39 is 0 Å². The quantitative estimate of drug-likeness (QED) is 0.326. The Balaban J connectivity index is 0. The van der Waals surface area contributed by atoms with E-state index in [0.29, 0.717) is 0 Å². The smallest absolute Gasteiger partial charge is 0.105 e. The van der Waals surface area contributed by atoms with E-state index in [0.717, 1.165) is 0 Å². The minimum absolute atomic E-state index is 0. The van der Waals surface area contributed by atoms with Crippen molar-refractivity contribution < 1.29 is 0 Å². The predicted octanol–water partition coefficient (Wildman–Crippen LogP) is 1.43. The molecule has 0 aromatic heterocycles. The molecule has 0 atom stereocenters. The summed E-state index contributed by atoms with van der Waals surface area (Å²) in [6, 6.07) is 0. The van der Waals surface area contributed by atoms with Crippen molar-refractivity contribution in [2.75, 3.05) is 0 Å². The van der Waals surface area contributed by atoms with Gasteiger partial charge in [-0.05, 0) is 6.92 Å². The van der Waals surface area contributed by atoms with Crippen LogP contribution in [-0.2, 0) is 0 Å². The number of rotatable bonds is 0. The minimum Gasteiger partial charge on any atom is -0.106 e. The molecule has 29 valence electrons. The van der Waals surface area contributed by atoms with E-state index in [1.54, 1.807) is 6.92 Å². The molecular formula is C2H4BCl2. The van der Waals surface area contributed by atoms with Crippen LogP contribution in [0.2, 0.25) is 0 Å². The summed E-state index contributed by atoms with van der Waals surface area (Å²) in [7, 11) is 0. The maximum Gasteiger partial charge on any atom is 0.105 e. The van der Waals surface area contributed by atoms with E-state index in [1.165, 1.54) is 0 Å². The second-order valence-electron chi connectivity index (χ2n) is 0.519. The molecule has 0 amide bonds. The third-order valence-corrected chi connectivity index (χ3v) is 0. The Morgan fingerprint density at radius 1 is 1.40 bits per heavy atom. The number of hydrogen-bond donors (Lipinski definition) is 0. The molecule has 3 radical (unpaired) electrons. The van der Waals surface area contributed by atoms with Crippen LogP contribution >= 0.6 is 23.2 Å². The molecule has 0 bridgehead atoms. The summed E-state index contributed by atoms with van der Waals surface area (Å²) in [6.07, 6.45) is 0. The van der Waals surface area contributed by atoms with Crippen LogP contribution in [0.1, 0.15) is 6.92 Å². The lowest BCUT2D eigenvalue weighted by Crippen LogP contribution is -1.63. The molecule has 0 aromatic rings. The third-order valence-electron chi connectivity index (χ3n) is 0. The van der Waals surface area contributed by atoms with Crippen molar-refractivity contribution in [3.63, 3.8) is 0 Å². The van der Waals surface area contributed by atoms with E-state index in [2.05, 4.69) is 0 Å². The Morgan fingerprint density at radius 3 is 1.40 bits per heavy atom. The van der Waals surface area contributed by atoms with Gasteiger partial charge in [0, 0.05) is 8.41 Å². The lowest BCUT2D eigenvalue weighted by Gasteiger charge is -1.72. The van der Waals surface area contributed by atoms with E-state index >= 15 is 0 Å². The zero-order chi connectivity index (χ0) is 3.58. The van der Waals surface area contributed by atoms with E-state index in [-0.39, 0.29) is 13.2 Å². The molecule has 0 heterocycles. The van der Waals surface area contributed by atoms with E-state index in [1.807, 2.05) is 0 Å². The first-order chi connectivity index (χ1) is 1.73. The fraction of sp³-hybridized carbons (Fsp3) is 1.00. The molecule has 0 spiro atoms. The van der Waals surface area contributed by atoms with Crippen LogP contribution in [0, 0.1) is 0 Å². The van der Waals surface area contributed by atoms with Crippen molar-refractivity contribution in [3.8, 4) is 0 Å². The summed E-state index contributed by atoms with van der Waals surface area (Å²) in [6.45, 7) is 1.70. The van der Waals surface area contributed by atoms with Crippen molar-refractivity contribution in [3.05, 3.63) is 0 Å². The normalized spacial score (nSPS) is 7.20. The molecule has 0 N–H and O–H groups in total. The van der Waals surface area contributed by atoms with Gasteiger partial charge in [0.15, 0.2) is 0 Å². The molecule has 0 aliphatic carbocycles. The minimum atomic E-state index is -0.222. The summed E-state index contributed by atoms with van der Waals surface area (Å²) < 4.78 is 0. The average Bonchev–Trinajstić information content (AvgIpc) is 0.811. The molecule has 3 heteroatoms. The SMILES string of the molecule is CC(Cl)Cl.[B]. The fourth-order valence-electron chi connectivity index (χ4n) is 0. The topological polar surface area (TPSA) is 0 Å². The van der Waals surface area contributed by atoms with Crippen LogP contribution in [0.5, 0.6) is 0 Å². The lowest BCUT2D eigenvalue weighted by atomic mass is 10.8. The molecule has 0 aromatic carbocycles. The summed E-state index contributed by atoms with van der Waals surface area (Å²) in [4.78, 5) is -0.222. The molecule has 0 unspecified atom stereocenters. The first kappa shape index (κ1) is 9.17. The van der Waals surface area contributed by atoms with Gasteiger partial charge >= 0.3 is 0 Å². The van der Waals surface area contributed by atoms with Crippen LogP contribution in [-0.4, -0.2) is 13.2 Å². The number of alkyl halides is 2. The van der Waals surface area contributed by atoms with Gasteiger partial charge in [-0.1, -0.05) is 0 Å². The molecule has 0 aliphatic heterocycles. The van der Waals surface area contributed by atoms with E-state index in [4.69, 9.17) is 23.2 Å². The Kier molecular flexibility index (Phi) is 8.52. The zero-order valence-corrected chi connectivity index (χ0v) is 4.42. The maximum absolute atomic E-state index is 5.04. The van der Waals surface area contributed by atoms with Gasteiger partial charge in [0.1, 0.15) is 4.84 Å². The maximum atomic E-state index is 5.04. The highest BCUT2D eigenvalue weighted by molar-refractivity contribution is 6.43. The molecule has 0 aliphatic rings. The highest BCUT2D eigenvalue weighted by Gasteiger charge is 1.75. The summed E-state index contributed by atoms with van der Waals surface area (Å²) in [5.41, 5.74) is 0. The molecule has 0 saturated heterocycles. The largest absolute Gasteiger partial charge is 0.106 e. The van der Waals surface area contributed by atoms with Gasteiger partial charge in [0.25, 0.3) is 0 Å². The van der Waals surface area contributed by atoms with Crippen molar-refractivity contribution >= 4 is 31.6 Å². The van der Waals surface area contributed by atoms with Gasteiger partial charge < -0.3 is 0 Å². The standard InChI is InChI=1S/C2H4Cl2.B/c1-2(3)4;/h2H,1H3;. The summed E-state index contributed by atoms with van der Waals surface area (Å²) in [5.74, 6) is 0. The van der Waals surface area contributed by atoms with Gasteiger partial charge in [-0.15, -0.1) is 23.2 Å². The van der Waals surface area contributed by atoms with E-state index in [9.17, 15) is 0 Å². The summed E-state index contributed by atoms with van der Waals surface area (Å²) >= 11 is 10.1. The van der Waals surface area contributed by atoms with Crippen LogP contribution in [0.3, 0.4) is 0 Å². The van der Waals surface area contributed by atoms with Crippen LogP contribution in [0.4, 0.5) is 0 Å². The molecule has 0 rings (SSSR count). The van der Waals surface area contributed by atoms with Gasteiger partial charge in [-0.3, -0.25) is 0 Å². The second kappa shape index (κ2) is 4.64. The Bertz CT molecular complexity index is 12.4. The molecule has 0 nitrogen and oxygen atoms in total. The summed E-state index contributed by atoms with van der Waals surface area (Å²) in [5, 5.41) is 0. The van der Waals surface area contributed by atoms with Crippen molar-refractivity contribution in [1.29, 1.82) is 0 Å². The number of hydrogen-bond acceptors (Lipinski definition) is 0. The molecule has 0 fully saturated rings. The van der Waals surface area contributed by atoms with Crippen LogP contribution in [0.25, 0.3) is 0 Å². The lowest BCUT2D eigenvalue weighted by molar-refractivity contribution is 1.39.